The molecule has 0 heterocycles. The molecule has 1 rings (SSSR count). The Morgan fingerprint density at radius 2 is 1.93 bits per heavy atom. The highest BCUT2D eigenvalue weighted by atomic mass is 32.3. The molecule has 0 spiro atoms. The third-order valence-electron chi connectivity index (χ3n) is 1.74. The van der Waals surface area contributed by atoms with E-state index < -0.39 is 33.7 Å². The van der Waals surface area contributed by atoms with E-state index >= 15 is 0 Å². The number of nitrogens with two attached hydrogens (primary N) is 1. The molecular weight excluding hydrogens is 231 g/mol. The van der Waals surface area contributed by atoms with Gasteiger partial charge in [-0.25, -0.2) is 8.78 Å². The summed E-state index contributed by atoms with van der Waals surface area (Å²) in [5.74, 6) is -2.84. The minimum atomic E-state index is -4.78. The van der Waals surface area contributed by atoms with E-state index in [-0.39, 0.29) is 5.56 Å². The molecular formula is C8H8F3NO2S. The minimum absolute atomic E-state index is 0.238. The van der Waals surface area contributed by atoms with Gasteiger partial charge in [-0.05, 0) is 6.07 Å². The van der Waals surface area contributed by atoms with Gasteiger partial charge in [0.1, 0.15) is 11.6 Å². The largest absolute Gasteiger partial charge is 0.323 e. The Balaban J connectivity index is 2.97. The molecule has 0 aliphatic rings. The van der Waals surface area contributed by atoms with Gasteiger partial charge in [0.15, 0.2) is 0 Å². The molecule has 1 atom stereocenters. The number of halogens is 3. The molecule has 1 unspecified atom stereocenters. The van der Waals surface area contributed by atoms with Crippen LogP contribution in [0.1, 0.15) is 11.6 Å². The van der Waals surface area contributed by atoms with Crippen molar-refractivity contribution in [2.45, 2.75) is 6.04 Å². The zero-order valence-corrected chi connectivity index (χ0v) is 8.27. The van der Waals surface area contributed by atoms with Crippen molar-refractivity contribution in [3.63, 3.8) is 0 Å². The van der Waals surface area contributed by atoms with Crippen molar-refractivity contribution in [1.29, 1.82) is 0 Å². The average Bonchev–Trinajstić information content (AvgIpc) is 1.99. The highest BCUT2D eigenvalue weighted by Gasteiger charge is 2.19. The van der Waals surface area contributed by atoms with Gasteiger partial charge in [0.2, 0.25) is 0 Å². The van der Waals surface area contributed by atoms with Crippen LogP contribution in [-0.4, -0.2) is 14.2 Å². The molecule has 84 valence electrons. The van der Waals surface area contributed by atoms with Crippen LogP contribution in [0.15, 0.2) is 18.2 Å². The third kappa shape index (κ3) is 3.52. The van der Waals surface area contributed by atoms with E-state index in [2.05, 4.69) is 0 Å². The fraction of sp³-hybridized carbons (Fsp3) is 0.250. The van der Waals surface area contributed by atoms with Crippen molar-refractivity contribution in [2.24, 2.45) is 5.73 Å². The van der Waals surface area contributed by atoms with Gasteiger partial charge in [-0.2, -0.15) is 8.42 Å². The fourth-order valence-electron chi connectivity index (χ4n) is 1.11. The quantitative estimate of drug-likeness (QED) is 0.808. The molecule has 0 aliphatic carbocycles. The van der Waals surface area contributed by atoms with Gasteiger partial charge >= 0.3 is 10.2 Å². The molecule has 0 radical (unpaired) electrons. The summed E-state index contributed by atoms with van der Waals surface area (Å²) in [4.78, 5) is 0. The predicted molar refractivity (Wildman–Crippen MR) is 48.2 cm³/mol. The summed E-state index contributed by atoms with van der Waals surface area (Å²) in [6, 6.07) is 1.12. The molecule has 0 amide bonds. The van der Waals surface area contributed by atoms with Crippen LogP contribution in [-0.2, 0) is 10.2 Å². The van der Waals surface area contributed by atoms with E-state index in [1.807, 2.05) is 0 Å². The monoisotopic (exact) mass is 239 g/mol. The zero-order chi connectivity index (χ0) is 11.6. The number of hydrogen-bond donors (Lipinski definition) is 1. The van der Waals surface area contributed by atoms with Crippen LogP contribution in [0.25, 0.3) is 0 Å². The number of hydrogen-bond acceptors (Lipinski definition) is 3. The number of benzene rings is 1. The molecule has 1 aromatic carbocycles. The fourth-order valence-corrected chi connectivity index (χ4v) is 1.71. The molecule has 2 N–H and O–H groups in total. The lowest BCUT2D eigenvalue weighted by Gasteiger charge is -2.10. The lowest BCUT2D eigenvalue weighted by Crippen LogP contribution is -2.20. The normalized spacial score (nSPS) is 13.9. The molecule has 0 saturated heterocycles. The van der Waals surface area contributed by atoms with Gasteiger partial charge in [0.25, 0.3) is 0 Å². The van der Waals surface area contributed by atoms with Gasteiger partial charge in [0.05, 0.1) is 5.75 Å². The van der Waals surface area contributed by atoms with E-state index in [1.165, 1.54) is 0 Å². The average molecular weight is 239 g/mol. The maximum absolute atomic E-state index is 13.0. The Kier molecular flexibility index (Phi) is 3.35. The highest BCUT2D eigenvalue weighted by molar-refractivity contribution is 7.86. The lowest BCUT2D eigenvalue weighted by molar-refractivity contribution is 0.536. The molecule has 3 nitrogen and oxygen atoms in total. The van der Waals surface area contributed by atoms with Crippen LogP contribution >= 0.6 is 0 Å². The summed E-state index contributed by atoms with van der Waals surface area (Å²) in [5, 5.41) is 0. The van der Waals surface area contributed by atoms with Crippen LogP contribution in [0, 0.1) is 11.6 Å². The lowest BCUT2D eigenvalue weighted by atomic mass is 10.1. The Labute approximate surface area is 84.9 Å². The topological polar surface area (TPSA) is 60.2 Å². The van der Waals surface area contributed by atoms with E-state index in [1.54, 1.807) is 0 Å². The summed E-state index contributed by atoms with van der Waals surface area (Å²) >= 11 is 0. The summed E-state index contributed by atoms with van der Waals surface area (Å²) < 4.78 is 58.2. The Morgan fingerprint density at radius 1 is 1.33 bits per heavy atom. The second-order valence-corrected chi connectivity index (χ2v) is 4.39. The van der Waals surface area contributed by atoms with Gasteiger partial charge in [-0.1, -0.05) is 6.07 Å². The maximum atomic E-state index is 13.0. The second-order valence-electron chi connectivity index (χ2n) is 2.98. The number of rotatable bonds is 3. The van der Waals surface area contributed by atoms with Gasteiger partial charge in [-0.15, -0.1) is 3.89 Å². The van der Waals surface area contributed by atoms with Crippen molar-refractivity contribution in [3.8, 4) is 0 Å². The molecule has 0 aromatic heterocycles. The first-order valence-corrected chi connectivity index (χ1v) is 5.48. The molecule has 15 heavy (non-hydrogen) atoms. The van der Waals surface area contributed by atoms with E-state index in [4.69, 9.17) is 5.73 Å². The van der Waals surface area contributed by atoms with Crippen molar-refractivity contribution in [2.75, 3.05) is 5.75 Å². The highest BCUT2D eigenvalue weighted by Crippen LogP contribution is 2.18. The molecule has 1 aromatic rings. The van der Waals surface area contributed by atoms with Crippen LogP contribution in [0.5, 0.6) is 0 Å². The first kappa shape index (κ1) is 12.0. The van der Waals surface area contributed by atoms with Crippen LogP contribution in [0.3, 0.4) is 0 Å². The minimum Gasteiger partial charge on any atom is -0.323 e. The van der Waals surface area contributed by atoms with Crippen LogP contribution in [0.4, 0.5) is 12.7 Å². The third-order valence-corrected chi connectivity index (χ3v) is 2.50. The molecule has 0 aliphatic heterocycles. The maximum Gasteiger partial charge on any atom is 0.304 e. The molecule has 0 fully saturated rings. The summed E-state index contributed by atoms with van der Waals surface area (Å²) in [7, 11) is -4.78. The van der Waals surface area contributed by atoms with E-state index in [9.17, 15) is 21.1 Å². The predicted octanol–water partition coefficient (Wildman–Crippen LogP) is 1.26. The van der Waals surface area contributed by atoms with Crippen LogP contribution < -0.4 is 5.73 Å². The van der Waals surface area contributed by atoms with Crippen molar-refractivity contribution in [3.05, 3.63) is 35.4 Å². The summed E-state index contributed by atoms with van der Waals surface area (Å²) in [5.41, 5.74) is 5.01. The van der Waals surface area contributed by atoms with Gasteiger partial charge in [-0.3, -0.25) is 0 Å². The van der Waals surface area contributed by atoms with E-state index in [0.29, 0.717) is 6.07 Å². The van der Waals surface area contributed by atoms with Crippen LogP contribution in [0.2, 0.25) is 0 Å². The van der Waals surface area contributed by atoms with Crippen molar-refractivity contribution < 1.29 is 21.1 Å². The second kappa shape index (κ2) is 4.19. The standard InChI is InChI=1S/C8H8F3NO2S/c9-5-1-2-6(7(10)3-5)8(12)4-15(11,13)14/h1-3,8H,4,12H2. The smallest absolute Gasteiger partial charge is 0.304 e. The summed E-state index contributed by atoms with van der Waals surface area (Å²) in [6.07, 6.45) is 0. The van der Waals surface area contributed by atoms with Crippen molar-refractivity contribution >= 4 is 10.2 Å². The molecule has 0 bridgehead atoms. The SMILES string of the molecule is NC(CS(=O)(=O)F)c1ccc(F)cc1F. The van der Waals surface area contributed by atoms with Crippen molar-refractivity contribution in [1.82, 2.24) is 0 Å². The first-order valence-electron chi connectivity index (χ1n) is 3.92. The van der Waals surface area contributed by atoms with Gasteiger partial charge < -0.3 is 5.73 Å². The van der Waals surface area contributed by atoms with Gasteiger partial charge in [0, 0.05) is 17.7 Å². The zero-order valence-electron chi connectivity index (χ0n) is 7.45. The van der Waals surface area contributed by atoms with E-state index in [0.717, 1.165) is 12.1 Å². The Bertz CT molecular complexity index is 461. The summed E-state index contributed by atoms with van der Waals surface area (Å²) in [6.45, 7) is 0. The Hall–Kier alpha value is -1.08. The first-order chi connectivity index (χ1) is 6.79. The molecule has 7 heteroatoms. The molecule has 0 saturated carbocycles. The Morgan fingerprint density at radius 3 is 2.40 bits per heavy atom.